The van der Waals surface area contributed by atoms with Crippen molar-refractivity contribution in [2.24, 2.45) is 0 Å². The SMILES string of the molecule is CS(=O)(=O)ON1C(=O)c2ccc(C(c3ccc4c(c3)C(=O)N(OS(C)(=O)=O)C4=O)(C(F)(F)F)C(F)(F)F)cc2C1=O. The fourth-order valence-corrected chi connectivity index (χ4v) is 5.10. The van der Waals surface area contributed by atoms with E-state index in [1.54, 1.807) is 0 Å². The van der Waals surface area contributed by atoms with Gasteiger partial charge in [-0.1, -0.05) is 12.1 Å². The molecule has 2 aliphatic rings. The quantitative estimate of drug-likeness (QED) is 0.341. The number of carbonyl (C=O) groups excluding carboxylic acids is 4. The highest BCUT2D eigenvalue weighted by molar-refractivity contribution is 7.86. The lowest BCUT2D eigenvalue weighted by Crippen LogP contribution is -2.55. The molecule has 0 saturated carbocycles. The van der Waals surface area contributed by atoms with Crippen LogP contribution in [0, 0.1) is 0 Å². The van der Waals surface area contributed by atoms with E-state index in [0.717, 1.165) is 0 Å². The summed E-state index contributed by atoms with van der Waals surface area (Å²) in [7, 11) is -9.08. The van der Waals surface area contributed by atoms with Crippen molar-refractivity contribution in [2.45, 2.75) is 17.8 Å². The van der Waals surface area contributed by atoms with Crippen LogP contribution in [0.2, 0.25) is 0 Å². The summed E-state index contributed by atoms with van der Waals surface area (Å²) in [6.07, 6.45) is -11.7. The van der Waals surface area contributed by atoms with Gasteiger partial charge in [-0.25, -0.2) is 0 Å². The second kappa shape index (κ2) is 9.06. The van der Waals surface area contributed by atoms with Gasteiger partial charge in [-0.15, -0.1) is 18.7 Å². The third kappa shape index (κ3) is 4.75. The molecule has 2 aromatic rings. The van der Waals surface area contributed by atoms with Crippen LogP contribution < -0.4 is 0 Å². The van der Waals surface area contributed by atoms with Crippen molar-refractivity contribution < 1.29 is 70.9 Å². The minimum atomic E-state index is -6.27. The molecule has 2 aromatic carbocycles. The first-order valence-electron chi connectivity index (χ1n) is 10.5. The van der Waals surface area contributed by atoms with Crippen molar-refractivity contribution in [3.05, 3.63) is 69.8 Å². The number of halogens is 6. The van der Waals surface area contributed by atoms with Crippen LogP contribution in [0.4, 0.5) is 26.3 Å². The van der Waals surface area contributed by atoms with Gasteiger partial charge in [0.25, 0.3) is 43.9 Å². The number of imide groups is 2. The molecule has 4 rings (SSSR count). The Morgan fingerprint density at radius 2 is 0.854 bits per heavy atom. The first kappa shape index (κ1) is 30.1. The van der Waals surface area contributed by atoms with Crippen LogP contribution in [0.1, 0.15) is 52.6 Å². The monoisotopic (exact) mass is 630 g/mol. The van der Waals surface area contributed by atoms with Crippen molar-refractivity contribution in [1.29, 1.82) is 0 Å². The molecule has 41 heavy (non-hydrogen) atoms. The maximum atomic E-state index is 14.6. The third-order valence-corrected chi connectivity index (χ3v) is 6.67. The molecule has 0 spiro atoms. The zero-order valence-electron chi connectivity index (χ0n) is 20.0. The van der Waals surface area contributed by atoms with Gasteiger partial charge in [-0.2, -0.15) is 43.2 Å². The van der Waals surface area contributed by atoms with E-state index >= 15 is 0 Å². The smallest absolute Gasteiger partial charge is 0.266 e. The molecular weight excluding hydrogens is 618 g/mol. The number of rotatable bonds is 6. The highest BCUT2D eigenvalue weighted by Gasteiger charge is 2.73. The summed E-state index contributed by atoms with van der Waals surface area (Å²) in [4.78, 5) is 49.9. The molecular formula is C21H12F6N2O10S2. The molecule has 0 N–H and O–H groups in total. The summed E-state index contributed by atoms with van der Waals surface area (Å²) in [5.41, 5.74) is -12.0. The van der Waals surface area contributed by atoms with Crippen LogP contribution in [-0.4, -0.2) is 75.5 Å². The topological polar surface area (TPSA) is 161 Å². The molecule has 0 bridgehead atoms. The minimum absolute atomic E-state index is 0.0709. The predicted octanol–water partition coefficient (Wildman–Crippen LogP) is 2.07. The second-order valence-electron chi connectivity index (χ2n) is 8.63. The van der Waals surface area contributed by atoms with Gasteiger partial charge in [0, 0.05) is 0 Å². The molecule has 0 radical (unpaired) electrons. The van der Waals surface area contributed by atoms with Crippen LogP contribution >= 0.6 is 0 Å². The highest BCUT2D eigenvalue weighted by atomic mass is 32.2. The van der Waals surface area contributed by atoms with E-state index < -0.39 is 95.0 Å². The van der Waals surface area contributed by atoms with Crippen molar-refractivity contribution >= 4 is 43.9 Å². The number of amides is 4. The Balaban J connectivity index is 1.96. The Morgan fingerprint density at radius 1 is 0.561 bits per heavy atom. The zero-order valence-corrected chi connectivity index (χ0v) is 21.7. The van der Waals surface area contributed by atoms with E-state index in [-0.39, 0.29) is 34.4 Å². The molecule has 0 saturated heterocycles. The molecule has 220 valence electrons. The number of hydroxylamine groups is 4. The van der Waals surface area contributed by atoms with Gasteiger partial charge in [-0.05, 0) is 35.4 Å². The molecule has 2 aliphatic heterocycles. The van der Waals surface area contributed by atoms with E-state index in [4.69, 9.17) is 0 Å². The maximum Gasteiger partial charge on any atom is 0.411 e. The molecule has 20 heteroatoms. The Kier molecular flexibility index (Phi) is 6.65. The summed E-state index contributed by atoms with van der Waals surface area (Å²) in [6, 6.07) is 1.42. The largest absolute Gasteiger partial charge is 0.411 e. The first-order valence-corrected chi connectivity index (χ1v) is 14.1. The van der Waals surface area contributed by atoms with Crippen molar-refractivity contribution in [2.75, 3.05) is 12.5 Å². The Hall–Kier alpha value is -3.88. The number of nitrogens with zero attached hydrogens (tertiary/aromatic N) is 2. The zero-order chi connectivity index (χ0) is 31.1. The van der Waals surface area contributed by atoms with Crippen LogP contribution in [0.15, 0.2) is 36.4 Å². The average Bonchev–Trinajstić information content (AvgIpc) is 3.16. The lowest BCUT2D eigenvalue weighted by molar-refractivity contribution is -0.288. The van der Waals surface area contributed by atoms with E-state index in [0.29, 0.717) is 24.6 Å². The van der Waals surface area contributed by atoms with Crippen molar-refractivity contribution in [1.82, 2.24) is 10.1 Å². The van der Waals surface area contributed by atoms with E-state index in [1.165, 1.54) is 0 Å². The summed E-state index contributed by atoms with van der Waals surface area (Å²) in [6.45, 7) is 0. The third-order valence-electron chi connectivity index (χ3n) is 5.83. The predicted molar refractivity (Wildman–Crippen MR) is 119 cm³/mol. The normalized spacial score (nSPS) is 16.5. The molecule has 0 aromatic heterocycles. The lowest BCUT2D eigenvalue weighted by atomic mass is 9.71. The van der Waals surface area contributed by atoms with Crippen LogP contribution in [0.5, 0.6) is 0 Å². The number of carbonyl (C=O) groups is 4. The summed E-state index contributed by atoms with van der Waals surface area (Å²) in [5.74, 6) is -6.34. The summed E-state index contributed by atoms with van der Waals surface area (Å²) in [5, 5.41) is -0.717. The number of hydrogen-bond acceptors (Lipinski definition) is 10. The van der Waals surface area contributed by atoms with Gasteiger partial charge in [0.05, 0.1) is 34.8 Å². The number of alkyl halides is 6. The maximum absolute atomic E-state index is 14.6. The molecule has 0 unspecified atom stereocenters. The Morgan fingerprint density at radius 3 is 1.12 bits per heavy atom. The molecule has 12 nitrogen and oxygen atoms in total. The van der Waals surface area contributed by atoms with Crippen LogP contribution in [0.3, 0.4) is 0 Å². The fraction of sp³-hybridized carbons (Fsp3) is 0.238. The van der Waals surface area contributed by atoms with Gasteiger partial charge in [0.15, 0.2) is 0 Å². The van der Waals surface area contributed by atoms with E-state index in [2.05, 4.69) is 8.57 Å². The second-order valence-corrected chi connectivity index (χ2v) is 11.7. The standard InChI is InChI=1S/C21H12F6N2O10S2/c1-40(34,35)38-28-15(30)11-5-3-9(7-13(11)17(28)32)19(20(22,23)24,21(25,26)27)10-4-6-12-14(8-10)18(33)29(16(12)31)39-41(2,36)37/h3-8H,1-2H3. The summed E-state index contributed by atoms with van der Waals surface area (Å²) >= 11 is 0. The Labute approximate surface area is 225 Å². The molecule has 0 aliphatic carbocycles. The van der Waals surface area contributed by atoms with Crippen LogP contribution in [-0.2, 0) is 34.2 Å². The van der Waals surface area contributed by atoms with Gasteiger partial charge in [-0.3, -0.25) is 19.2 Å². The average molecular weight is 630 g/mol. The highest BCUT2D eigenvalue weighted by Crippen LogP contribution is 2.57. The lowest BCUT2D eigenvalue weighted by Gasteiger charge is -2.38. The van der Waals surface area contributed by atoms with Gasteiger partial charge in [0.1, 0.15) is 0 Å². The van der Waals surface area contributed by atoms with Crippen molar-refractivity contribution in [3.8, 4) is 0 Å². The van der Waals surface area contributed by atoms with Crippen LogP contribution in [0.25, 0.3) is 0 Å². The molecule has 0 fully saturated rings. The molecule has 0 atom stereocenters. The van der Waals surface area contributed by atoms with Crippen molar-refractivity contribution in [3.63, 3.8) is 0 Å². The van der Waals surface area contributed by atoms with Gasteiger partial charge >= 0.3 is 12.4 Å². The van der Waals surface area contributed by atoms with Gasteiger partial charge < -0.3 is 0 Å². The Bertz CT molecular complexity index is 1640. The van der Waals surface area contributed by atoms with Gasteiger partial charge in [0.2, 0.25) is 5.41 Å². The number of benzene rings is 2. The molecule has 4 amide bonds. The fourth-order valence-electron chi connectivity index (χ4n) is 4.29. The first-order chi connectivity index (χ1) is 18.5. The van der Waals surface area contributed by atoms with E-state index in [1.807, 2.05) is 0 Å². The number of hydrogen-bond donors (Lipinski definition) is 0. The molecule has 2 heterocycles. The summed E-state index contributed by atoms with van der Waals surface area (Å²) < 4.78 is 142. The van der Waals surface area contributed by atoms with E-state index in [9.17, 15) is 62.4 Å². The number of fused-ring (bicyclic) bond motifs is 2. The minimum Gasteiger partial charge on any atom is -0.266 e.